The summed E-state index contributed by atoms with van der Waals surface area (Å²) >= 11 is 6.79. The average Bonchev–Trinajstić information content (AvgIpc) is 3.05. The number of thioether (sulfide) groups is 1. The van der Waals surface area contributed by atoms with Gasteiger partial charge in [0.05, 0.1) is 10.5 Å². The molecule has 8 heteroatoms. The molecule has 2 aliphatic heterocycles. The van der Waals surface area contributed by atoms with Gasteiger partial charge in [0.1, 0.15) is 15.8 Å². The maximum atomic E-state index is 13.5. The van der Waals surface area contributed by atoms with Crippen LogP contribution in [0.2, 0.25) is 0 Å². The van der Waals surface area contributed by atoms with Gasteiger partial charge in [0.25, 0.3) is 11.5 Å². The van der Waals surface area contributed by atoms with Gasteiger partial charge in [0, 0.05) is 25.8 Å². The minimum absolute atomic E-state index is 0.106. The summed E-state index contributed by atoms with van der Waals surface area (Å²) in [5.41, 5.74) is 0.921. The number of unbranched alkanes of at least 4 members (excludes halogenated alkanes) is 3. The van der Waals surface area contributed by atoms with Crippen LogP contribution in [0, 0.1) is 11.8 Å². The molecule has 2 unspecified atom stereocenters. The van der Waals surface area contributed by atoms with Crippen molar-refractivity contribution < 1.29 is 4.79 Å². The Morgan fingerprint density at radius 1 is 1.15 bits per heavy atom. The fraction of sp³-hybridized carbons (Fsp3) is 0.520. The molecule has 0 bridgehead atoms. The molecule has 2 atom stereocenters. The summed E-state index contributed by atoms with van der Waals surface area (Å²) in [6, 6.07) is 5.55. The van der Waals surface area contributed by atoms with Crippen LogP contribution in [0.15, 0.2) is 34.1 Å². The molecular formula is C25H32N4O2S2. The van der Waals surface area contributed by atoms with E-state index in [0.717, 1.165) is 45.2 Å². The molecular weight excluding hydrogens is 452 g/mol. The summed E-state index contributed by atoms with van der Waals surface area (Å²) in [6.45, 7) is 8.96. The van der Waals surface area contributed by atoms with Crippen molar-refractivity contribution in [1.29, 1.82) is 0 Å². The number of pyridine rings is 1. The molecule has 0 saturated carbocycles. The Kier molecular flexibility index (Phi) is 7.54. The van der Waals surface area contributed by atoms with E-state index in [2.05, 4.69) is 25.7 Å². The largest absolute Gasteiger partial charge is 0.355 e. The quantitative estimate of drug-likeness (QED) is 0.315. The van der Waals surface area contributed by atoms with E-state index in [9.17, 15) is 9.59 Å². The van der Waals surface area contributed by atoms with Crippen molar-refractivity contribution in [2.75, 3.05) is 24.5 Å². The van der Waals surface area contributed by atoms with Gasteiger partial charge in [-0.25, -0.2) is 4.98 Å². The molecule has 0 N–H and O–H groups in total. The number of hydrogen-bond acceptors (Lipinski definition) is 6. The molecule has 4 heterocycles. The second-order valence-corrected chi connectivity index (χ2v) is 11.0. The van der Waals surface area contributed by atoms with Gasteiger partial charge in [-0.1, -0.05) is 70.1 Å². The second-order valence-electron chi connectivity index (χ2n) is 9.33. The van der Waals surface area contributed by atoms with E-state index in [4.69, 9.17) is 17.2 Å². The number of fused-ring (bicyclic) bond motifs is 1. The Labute approximate surface area is 205 Å². The van der Waals surface area contributed by atoms with Gasteiger partial charge in [0.15, 0.2) is 0 Å². The van der Waals surface area contributed by atoms with E-state index in [1.54, 1.807) is 21.6 Å². The minimum atomic E-state index is -0.158. The van der Waals surface area contributed by atoms with E-state index in [-0.39, 0.29) is 11.5 Å². The van der Waals surface area contributed by atoms with Gasteiger partial charge >= 0.3 is 0 Å². The second kappa shape index (κ2) is 10.4. The van der Waals surface area contributed by atoms with E-state index in [1.807, 2.05) is 18.2 Å². The van der Waals surface area contributed by atoms with E-state index >= 15 is 0 Å². The number of nitrogens with zero attached hydrogens (tertiary/aromatic N) is 4. The van der Waals surface area contributed by atoms with Gasteiger partial charge in [-0.2, -0.15) is 0 Å². The van der Waals surface area contributed by atoms with Crippen molar-refractivity contribution in [3.8, 4) is 0 Å². The SMILES string of the molecule is CCCCCCN1C(=O)/C(=C/c2c(N3CC(C)CC(C)C3)nc3ccccn3c2=O)SC1=S. The van der Waals surface area contributed by atoms with Crippen LogP contribution in [-0.4, -0.2) is 44.1 Å². The minimum Gasteiger partial charge on any atom is -0.355 e. The zero-order valence-corrected chi connectivity index (χ0v) is 21.3. The lowest BCUT2D eigenvalue weighted by molar-refractivity contribution is -0.122. The van der Waals surface area contributed by atoms with E-state index in [0.29, 0.717) is 44.6 Å². The number of anilines is 1. The summed E-state index contributed by atoms with van der Waals surface area (Å²) in [7, 11) is 0. The van der Waals surface area contributed by atoms with Crippen LogP contribution < -0.4 is 10.5 Å². The Balaban J connectivity index is 1.73. The first-order chi connectivity index (χ1) is 15.9. The lowest BCUT2D eigenvalue weighted by Crippen LogP contribution is -2.40. The predicted octanol–water partition coefficient (Wildman–Crippen LogP) is 4.96. The Morgan fingerprint density at radius 3 is 2.64 bits per heavy atom. The van der Waals surface area contributed by atoms with E-state index < -0.39 is 0 Å². The summed E-state index contributed by atoms with van der Waals surface area (Å²) in [6.07, 6.45) is 8.93. The highest BCUT2D eigenvalue weighted by Crippen LogP contribution is 2.34. The third kappa shape index (κ3) is 5.17. The maximum Gasteiger partial charge on any atom is 0.267 e. The lowest BCUT2D eigenvalue weighted by Gasteiger charge is -2.36. The lowest BCUT2D eigenvalue weighted by atomic mass is 9.91. The molecule has 176 valence electrons. The summed E-state index contributed by atoms with van der Waals surface area (Å²) < 4.78 is 2.12. The molecule has 4 rings (SSSR count). The smallest absolute Gasteiger partial charge is 0.267 e. The molecule has 2 aromatic heterocycles. The number of rotatable bonds is 7. The molecule has 0 spiro atoms. The number of carbonyl (C=O) groups excluding carboxylic acids is 1. The van der Waals surface area contributed by atoms with Gasteiger partial charge in [-0.3, -0.25) is 18.9 Å². The standard InChI is InChI=1S/C25H32N4O2S2/c1-4-5-6-8-12-29-24(31)20(33-25(29)32)14-19-22(27-15-17(2)13-18(3)16-27)26-21-10-7-9-11-28(21)23(19)30/h7,9-11,14,17-18H,4-6,8,12-13,15-16H2,1-3H3/b20-14-. The van der Waals surface area contributed by atoms with Crippen molar-refractivity contribution in [3.05, 3.63) is 45.2 Å². The van der Waals surface area contributed by atoms with Crippen LogP contribution in [0.4, 0.5) is 5.82 Å². The highest BCUT2D eigenvalue weighted by Gasteiger charge is 2.33. The topological polar surface area (TPSA) is 57.9 Å². The van der Waals surface area contributed by atoms with Crippen molar-refractivity contribution in [1.82, 2.24) is 14.3 Å². The first-order valence-electron chi connectivity index (χ1n) is 11.9. The Hall–Kier alpha value is -2.19. The predicted molar refractivity (Wildman–Crippen MR) is 141 cm³/mol. The zero-order chi connectivity index (χ0) is 23.5. The molecule has 6 nitrogen and oxygen atoms in total. The molecule has 2 aliphatic rings. The number of piperidine rings is 1. The van der Waals surface area contributed by atoms with Crippen molar-refractivity contribution in [2.45, 2.75) is 52.9 Å². The number of thiocarbonyl (C=S) groups is 1. The molecule has 33 heavy (non-hydrogen) atoms. The Morgan fingerprint density at radius 2 is 1.91 bits per heavy atom. The summed E-state index contributed by atoms with van der Waals surface area (Å²) in [5.74, 6) is 1.58. The first kappa shape index (κ1) is 24.0. The van der Waals surface area contributed by atoms with Crippen molar-refractivity contribution in [3.63, 3.8) is 0 Å². The molecule has 1 amide bonds. The van der Waals surface area contributed by atoms with E-state index in [1.165, 1.54) is 11.8 Å². The normalized spacial score (nSPS) is 22.7. The number of carbonyl (C=O) groups is 1. The monoisotopic (exact) mass is 484 g/mol. The fourth-order valence-electron chi connectivity index (χ4n) is 4.81. The Bertz CT molecular complexity index is 1130. The van der Waals surface area contributed by atoms with Crippen molar-refractivity contribution >= 4 is 51.7 Å². The average molecular weight is 485 g/mol. The molecule has 2 saturated heterocycles. The molecule has 0 radical (unpaired) electrons. The summed E-state index contributed by atoms with van der Waals surface area (Å²) in [4.78, 5) is 36.0. The van der Waals surface area contributed by atoms with Crippen LogP contribution in [0.5, 0.6) is 0 Å². The first-order valence-corrected chi connectivity index (χ1v) is 13.1. The summed E-state index contributed by atoms with van der Waals surface area (Å²) in [5, 5.41) is 0. The number of hydrogen-bond donors (Lipinski definition) is 0. The van der Waals surface area contributed by atoms with Crippen LogP contribution in [-0.2, 0) is 4.79 Å². The molecule has 2 fully saturated rings. The van der Waals surface area contributed by atoms with Gasteiger partial charge in [-0.05, 0) is 42.9 Å². The van der Waals surface area contributed by atoms with Gasteiger partial charge in [0.2, 0.25) is 0 Å². The maximum absolute atomic E-state index is 13.5. The molecule has 2 aromatic rings. The number of aromatic nitrogens is 2. The fourth-order valence-corrected chi connectivity index (χ4v) is 6.11. The highest BCUT2D eigenvalue weighted by molar-refractivity contribution is 8.26. The highest BCUT2D eigenvalue weighted by atomic mass is 32.2. The van der Waals surface area contributed by atoms with Gasteiger partial charge in [-0.15, -0.1) is 0 Å². The number of amides is 1. The molecule has 0 aliphatic carbocycles. The van der Waals surface area contributed by atoms with Crippen molar-refractivity contribution in [2.24, 2.45) is 11.8 Å². The van der Waals surface area contributed by atoms with Crippen LogP contribution in [0.25, 0.3) is 11.7 Å². The molecule has 0 aromatic carbocycles. The van der Waals surface area contributed by atoms with Gasteiger partial charge < -0.3 is 4.90 Å². The van der Waals surface area contributed by atoms with Crippen LogP contribution in [0.1, 0.15) is 58.4 Å². The third-order valence-corrected chi connectivity index (χ3v) is 7.68. The third-order valence-electron chi connectivity index (χ3n) is 6.30. The van der Waals surface area contributed by atoms with Crippen LogP contribution in [0.3, 0.4) is 0 Å². The zero-order valence-electron chi connectivity index (χ0n) is 19.6. The van der Waals surface area contributed by atoms with Crippen LogP contribution >= 0.6 is 24.0 Å².